The number of carbonyl (C=O) groups excluding carboxylic acids is 4. The second kappa shape index (κ2) is 12.6. The molecular weight excluding hydrogens is 587 g/mol. The number of benzene rings is 3. The molecule has 0 aromatic heterocycles. The number of hydrogen-bond acceptors (Lipinski definition) is 7. The molecule has 0 radical (unpaired) electrons. The van der Waals surface area contributed by atoms with Crippen molar-refractivity contribution in [2.24, 2.45) is 0 Å². The van der Waals surface area contributed by atoms with E-state index < -0.39 is 23.8 Å². The van der Waals surface area contributed by atoms with Gasteiger partial charge in [0.2, 0.25) is 0 Å². The van der Waals surface area contributed by atoms with Gasteiger partial charge in [-0.2, -0.15) is 0 Å². The molecule has 4 rings (SSSR count). The van der Waals surface area contributed by atoms with Crippen molar-refractivity contribution in [3.8, 4) is 11.5 Å². The number of amides is 4. The molecule has 1 saturated heterocycles. The van der Waals surface area contributed by atoms with Crippen molar-refractivity contribution in [3.63, 3.8) is 0 Å². The van der Waals surface area contributed by atoms with Gasteiger partial charge >= 0.3 is 12.0 Å². The maximum Gasteiger partial charge on any atom is 0.338 e. The van der Waals surface area contributed by atoms with Crippen LogP contribution in [0, 0.1) is 5.82 Å². The highest BCUT2D eigenvalue weighted by Crippen LogP contribution is 2.38. The molecule has 3 aromatic rings. The molecule has 4 amide bonds. The lowest BCUT2D eigenvalue weighted by atomic mass is 10.1. The van der Waals surface area contributed by atoms with Gasteiger partial charge in [-0.15, -0.1) is 0 Å². The summed E-state index contributed by atoms with van der Waals surface area (Å²) in [4.78, 5) is 51.3. The number of hydrogen-bond donors (Lipinski definition) is 1. The molecule has 0 atom stereocenters. The summed E-state index contributed by atoms with van der Waals surface area (Å²) in [5.74, 6) is -1.88. The monoisotopic (exact) mass is 610 g/mol. The first-order valence-electron chi connectivity index (χ1n) is 12.2. The minimum atomic E-state index is -0.920. The van der Waals surface area contributed by atoms with Gasteiger partial charge in [0.1, 0.15) is 18.0 Å². The minimum Gasteiger partial charge on any atom is -0.490 e. The number of halogens is 2. The Balaban J connectivity index is 1.62. The fourth-order valence-electron chi connectivity index (χ4n) is 3.83. The van der Waals surface area contributed by atoms with Crippen LogP contribution in [-0.4, -0.2) is 37.0 Å². The normalized spacial score (nSPS) is 14.2. The second-order valence-electron chi connectivity index (χ2n) is 8.40. The van der Waals surface area contributed by atoms with Crippen LogP contribution in [0.3, 0.4) is 0 Å². The van der Waals surface area contributed by atoms with Crippen LogP contribution < -0.4 is 19.7 Å². The van der Waals surface area contributed by atoms with E-state index in [1.165, 1.54) is 42.5 Å². The number of imide groups is 2. The quantitative estimate of drug-likeness (QED) is 0.196. The van der Waals surface area contributed by atoms with Crippen LogP contribution in [0.1, 0.15) is 35.3 Å². The van der Waals surface area contributed by atoms with E-state index >= 15 is 0 Å². The molecule has 1 heterocycles. The third kappa shape index (κ3) is 6.37. The molecule has 0 aliphatic carbocycles. The van der Waals surface area contributed by atoms with Gasteiger partial charge < -0.3 is 14.2 Å². The van der Waals surface area contributed by atoms with E-state index in [-0.39, 0.29) is 35.9 Å². The highest BCUT2D eigenvalue weighted by Gasteiger charge is 2.37. The zero-order valence-corrected chi connectivity index (χ0v) is 23.1. The molecule has 11 heteroatoms. The van der Waals surface area contributed by atoms with E-state index in [1.807, 2.05) is 0 Å². The first-order chi connectivity index (χ1) is 19.2. The van der Waals surface area contributed by atoms with Crippen molar-refractivity contribution < 1.29 is 37.8 Å². The Kier molecular flexibility index (Phi) is 8.95. The van der Waals surface area contributed by atoms with E-state index in [4.69, 9.17) is 14.2 Å². The minimum absolute atomic E-state index is 0.145. The summed E-state index contributed by atoms with van der Waals surface area (Å²) in [6, 6.07) is 13.8. The van der Waals surface area contributed by atoms with Crippen molar-refractivity contribution in [2.45, 2.75) is 20.5 Å². The summed E-state index contributed by atoms with van der Waals surface area (Å²) < 4.78 is 30.3. The molecule has 0 bridgehead atoms. The van der Waals surface area contributed by atoms with Crippen LogP contribution in [-0.2, 0) is 20.9 Å². The molecule has 1 fully saturated rings. The Morgan fingerprint density at radius 2 is 1.68 bits per heavy atom. The van der Waals surface area contributed by atoms with Crippen LogP contribution in [0.25, 0.3) is 6.08 Å². The number of esters is 1. The summed E-state index contributed by atoms with van der Waals surface area (Å²) in [6.07, 6.45) is 1.33. The largest absolute Gasteiger partial charge is 0.490 e. The molecule has 1 N–H and O–H groups in total. The Labute approximate surface area is 237 Å². The van der Waals surface area contributed by atoms with Gasteiger partial charge in [-0.3, -0.25) is 14.9 Å². The van der Waals surface area contributed by atoms with Gasteiger partial charge in [-0.1, -0.05) is 12.1 Å². The number of ether oxygens (including phenoxy) is 3. The maximum absolute atomic E-state index is 13.3. The van der Waals surface area contributed by atoms with Crippen molar-refractivity contribution >= 4 is 51.5 Å². The van der Waals surface area contributed by atoms with Gasteiger partial charge in [-0.25, -0.2) is 18.9 Å². The van der Waals surface area contributed by atoms with E-state index in [0.717, 1.165) is 10.5 Å². The van der Waals surface area contributed by atoms with E-state index in [9.17, 15) is 23.6 Å². The summed E-state index contributed by atoms with van der Waals surface area (Å²) in [7, 11) is 0. The highest BCUT2D eigenvalue weighted by atomic mass is 79.9. The number of nitrogens with zero attached hydrogens (tertiary/aromatic N) is 1. The molecule has 3 aromatic carbocycles. The Bertz CT molecular complexity index is 1490. The Hall–Kier alpha value is -4.51. The van der Waals surface area contributed by atoms with Crippen LogP contribution in [0.5, 0.6) is 11.5 Å². The Morgan fingerprint density at radius 3 is 2.33 bits per heavy atom. The van der Waals surface area contributed by atoms with Crippen LogP contribution in [0.15, 0.2) is 70.7 Å². The fourth-order valence-corrected chi connectivity index (χ4v) is 4.40. The number of nitrogens with one attached hydrogen (secondary N) is 1. The van der Waals surface area contributed by atoms with Crippen molar-refractivity contribution in [2.75, 3.05) is 18.1 Å². The molecule has 206 valence electrons. The average Bonchev–Trinajstić information content (AvgIpc) is 2.92. The first kappa shape index (κ1) is 28.5. The summed E-state index contributed by atoms with van der Waals surface area (Å²) in [6.45, 7) is 4.12. The molecule has 1 aliphatic heterocycles. The Morgan fingerprint density at radius 1 is 0.975 bits per heavy atom. The van der Waals surface area contributed by atoms with E-state index in [0.29, 0.717) is 28.1 Å². The number of urea groups is 1. The molecule has 0 saturated carbocycles. The predicted molar refractivity (Wildman–Crippen MR) is 147 cm³/mol. The third-order valence-electron chi connectivity index (χ3n) is 5.68. The van der Waals surface area contributed by atoms with Gasteiger partial charge in [0, 0.05) is 0 Å². The molecule has 0 unspecified atom stereocenters. The third-order valence-corrected chi connectivity index (χ3v) is 6.27. The zero-order valence-electron chi connectivity index (χ0n) is 21.5. The predicted octanol–water partition coefficient (Wildman–Crippen LogP) is 5.41. The van der Waals surface area contributed by atoms with Crippen molar-refractivity contribution in [1.82, 2.24) is 5.32 Å². The van der Waals surface area contributed by atoms with Crippen LogP contribution in [0.4, 0.5) is 14.9 Å². The highest BCUT2D eigenvalue weighted by molar-refractivity contribution is 9.10. The smallest absolute Gasteiger partial charge is 0.338 e. The van der Waals surface area contributed by atoms with Gasteiger partial charge in [0.25, 0.3) is 11.8 Å². The summed E-state index contributed by atoms with van der Waals surface area (Å²) >= 11 is 3.45. The lowest BCUT2D eigenvalue weighted by Crippen LogP contribution is -2.54. The van der Waals surface area contributed by atoms with Crippen LogP contribution in [0.2, 0.25) is 0 Å². The lowest BCUT2D eigenvalue weighted by molar-refractivity contribution is -0.122. The second-order valence-corrected chi connectivity index (χ2v) is 9.26. The fraction of sp³-hybridized carbons (Fsp3) is 0.172. The molecule has 0 spiro atoms. The van der Waals surface area contributed by atoms with E-state index in [2.05, 4.69) is 21.2 Å². The average molecular weight is 611 g/mol. The summed E-state index contributed by atoms with van der Waals surface area (Å²) in [5, 5.41) is 2.17. The van der Waals surface area contributed by atoms with E-state index in [1.54, 1.807) is 38.1 Å². The van der Waals surface area contributed by atoms with Crippen LogP contribution >= 0.6 is 15.9 Å². The van der Waals surface area contributed by atoms with Gasteiger partial charge in [0.15, 0.2) is 11.5 Å². The first-order valence-corrected chi connectivity index (χ1v) is 13.0. The van der Waals surface area contributed by atoms with Gasteiger partial charge in [0.05, 0.1) is 28.9 Å². The summed E-state index contributed by atoms with van der Waals surface area (Å²) in [5.41, 5.74) is 1.29. The number of rotatable bonds is 9. The lowest BCUT2D eigenvalue weighted by Gasteiger charge is -2.26. The number of anilines is 1. The molecular formula is C29H24BrFN2O7. The molecule has 40 heavy (non-hydrogen) atoms. The molecule has 1 aliphatic rings. The van der Waals surface area contributed by atoms with Crippen molar-refractivity contribution in [1.29, 1.82) is 0 Å². The van der Waals surface area contributed by atoms with Crippen molar-refractivity contribution in [3.05, 3.63) is 93.2 Å². The zero-order chi connectivity index (χ0) is 28.8. The molecule has 9 nitrogen and oxygen atoms in total. The maximum atomic E-state index is 13.3. The topological polar surface area (TPSA) is 111 Å². The standard InChI is InChI=1S/C29H24BrFN2O7/c1-3-38-24-15-18(14-23(30)25(24)40-16-17-5-9-20(31)10-6-17)13-22-26(34)32-29(37)33(27(22)35)21-11-7-19(8-12-21)28(36)39-4-2/h5-15H,3-4,16H2,1-2H3,(H,32,34,37)/b22-13+. The SMILES string of the molecule is CCOC(=O)c1ccc(N2C(=O)NC(=O)/C(=C\c3cc(Br)c(OCc4ccc(F)cc4)c(OCC)c3)C2=O)cc1. The number of barbiturate groups is 1. The number of carbonyl (C=O) groups is 4. The van der Waals surface area contributed by atoms with Gasteiger partial charge in [-0.05, 0) is 95.5 Å².